The van der Waals surface area contributed by atoms with Crippen LogP contribution in [0, 0.1) is 0 Å². The molecule has 0 aliphatic carbocycles. The van der Waals surface area contributed by atoms with E-state index in [9.17, 15) is 9.59 Å². The molecule has 2 heterocycles. The van der Waals surface area contributed by atoms with Gasteiger partial charge in [-0.3, -0.25) is 14.9 Å². The summed E-state index contributed by atoms with van der Waals surface area (Å²) in [7, 11) is 0. The van der Waals surface area contributed by atoms with Crippen LogP contribution < -0.4 is 10.6 Å². The van der Waals surface area contributed by atoms with Crippen molar-refractivity contribution in [3.05, 3.63) is 68.3 Å². The summed E-state index contributed by atoms with van der Waals surface area (Å²) in [5, 5.41) is 10.6. The van der Waals surface area contributed by atoms with E-state index in [2.05, 4.69) is 15.6 Å². The lowest BCUT2D eigenvalue weighted by Crippen LogP contribution is -2.23. The van der Waals surface area contributed by atoms with Crippen LogP contribution >= 0.6 is 34.3 Å². The first-order chi connectivity index (χ1) is 12.6. The summed E-state index contributed by atoms with van der Waals surface area (Å²) in [5.74, 6) is -0.210. The fourth-order valence-corrected chi connectivity index (χ4v) is 3.66. The van der Waals surface area contributed by atoms with Crippen molar-refractivity contribution in [3.63, 3.8) is 0 Å². The Labute approximate surface area is 164 Å². The minimum atomic E-state index is -0.165. The number of carbonyl (C=O) groups is 2. The van der Waals surface area contributed by atoms with Gasteiger partial charge in [-0.15, -0.1) is 22.7 Å². The number of thiophene rings is 1. The molecular weight excluding hydrogens is 390 g/mol. The molecule has 2 N–H and O–H groups in total. The number of rotatable bonds is 7. The van der Waals surface area contributed by atoms with Gasteiger partial charge in [-0.05, 0) is 35.6 Å². The second kappa shape index (κ2) is 8.93. The highest BCUT2D eigenvalue weighted by Crippen LogP contribution is 2.19. The summed E-state index contributed by atoms with van der Waals surface area (Å²) in [4.78, 5) is 29.0. The number of hydrogen-bond acceptors (Lipinski definition) is 5. The second-order valence-electron chi connectivity index (χ2n) is 5.48. The van der Waals surface area contributed by atoms with Crippen LogP contribution in [0.25, 0.3) is 0 Å². The maximum absolute atomic E-state index is 12.0. The number of amides is 2. The molecule has 0 saturated heterocycles. The molecule has 0 fully saturated rings. The van der Waals surface area contributed by atoms with Crippen molar-refractivity contribution in [2.24, 2.45) is 0 Å². The summed E-state index contributed by atoms with van der Waals surface area (Å²) < 4.78 is 0. The minimum absolute atomic E-state index is 0.0443. The number of thiazole rings is 1. The van der Waals surface area contributed by atoms with Crippen molar-refractivity contribution in [3.8, 4) is 0 Å². The van der Waals surface area contributed by atoms with E-state index in [0.29, 0.717) is 34.4 Å². The zero-order chi connectivity index (χ0) is 18.4. The van der Waals surface area contributed by atoms with Gasteiger partial charge in [0.1, 0.15) is 0 Å². The van der Waals surface area contributed by atoms with Crippen LogP contribution in [0.15, 0.2) is 47.2 Å². The quantitative estimate of drug-likeness (QED) is 0.613. The number of halogens is 1. The highest BCUT2D eigenvalue weighted by atomic mass is 35.5. The van der Waals surface area contributed by atoms with Crippen molar-refractivity contribution >= 4 is 51.2 Å². The molecule has 1 aromatic carbocycles. The zero-order valence-electron chi connectivity index (χ0n) is 13.7. The van der Waals surface area contributed by atoms with Gasteiger partial charge in [0, 0.05) is 23.4 Å². The van der Waals surface area contributed by atoms with E-state index in [0.717, 1.165) is 11.3 Å². The van der Waals surface area contributed by atoms with Gasteiger partial charge in [-0.25, -0.2) is 4.98 Å². The van der Waals surface area contributed by atoms with Gasteiger partial charge in [-0.1, -0.05) is 29.8 Å². The number of nitrogens with one attached hydrogen (secondary N) is 2. The molecule has 26 heavy (non-hydrogen) atoms. The molecule has 0 bridgehead atoms. The molecule has 0 spiro atoms. The Bertz CT molecular complexity index is 876. The number of nitrogens with zero attached hydrogens (tertiary/aromatic N) is 1. The van der Waals surface area contributed by atoms with Gasteiger partial charge >= 0.3 is 0 Å². The van der Waals surface area contributed by atoms with Crippen LogP contribution in [0.3, 0.4) is 0 Å². The van der Waals surface area contributed by atoms with Gasteiger partial charge in [0.15, 0.2) is 5.13 Å². The van der Waals surface area contributed by atoms with E-state index in [1.165, 1.54) is 22.7 Å². The molecule has 0 aliphatic heterocycles. The van der Waals surface area contributed by atoms with Gasteiger partial charge in [0.05, 0.1) is 10.6 Å². The van der Waals surface area contributed by atoms with Crippen LogP contribution in [-0.2, 0) is 17.8 Å². The van der Waals surface area contributed by atoms with Crippen molar-refractivity contribution in [1.29, 1.82) is 0 Å². The number of carbonyl (C=O) groups excluding carboxylic acids is 2. The first kappa shape index (κ1) is 18.6. The minimum Gasteiger partial charge on any atom is -0.352 e. The average molecular weight is 406 g/mol. The van der Waals surface area contributed by atoms with Crippen molar-refractivity contribution in [2.45, 2.75) is 19.4 Å². The Morgan fingerprint density at radius 2 is 1.92 bits per heavy atom. The van der Waals surface area contributed by atoms with Gasteiger partial charge < -0.3 is 5.32 Å². The Balaban J connectivity index is 1.43. The molecule has 134 valence electrons. The normalized spacial score (nSPS) is 10.5. The number of aryl methyl sites for hydroxylation is 1. The van der Waals surface area contributed by atoms with Crippen molar-refractivity contribution in [1.82, 2.24) is 10.3 Å². The molecular formula is C18H16ClN3O2S2. The van der Waals surface area contributed by atoms with E-state index in [4.69, 9.17) is 11.6 Å². The SMILES string of the molecule is O=C(CCc1csc(NC(=O)c2cccs2)n1)NCc1ccc(Cl)cc1. The molecule has 8 heteroatoms. The molecule has 0 saturated carbocycles. The predicted octanol–water partition coefficient (Wildman–Crippen LogP) is 4.36. The second-order valence-corrected chi connectivity index (χ2v) is 7.72. The molecule has 2 aromatic heterocycles. The lowest BCUT2D eigenvalue weighted by atomic mass is 10.2. The van der Waals surface area contributed by atoms with Crippen LogP contribution in [0.2, 0.25) is 5.02 Å². The van der Waals surface area contributed by atoms with Crippen LogP contribution in [0.5, 0.6) is 0 Å². The third kappa shape index (κ3) is 5.39. The number of benzene rings is 1. The van der Waals surface area contributed by atoms with E-state index >= 15 is 0 Å². The number of aromatic nitrogens is 1. The van der Waals surface area contributed by atoms with Gasteiger partial charge in [-0.2, -0.15) is 0 Å². The Kier molecular flexibility index (Phi) is 6.38. The zero-order valence-corrected chi connectivity index (χ0v) is 16.1. The third-order valence-corrected chi connectivity index (χ3v) is 5.46. The highest BCUT2D eigenvalue weighted by molar-refractivity contribution is 7.14. The van der Waals surface area contributed by atoms with Crippen LogP contribution in [-0.4, -0.2) is 16.8 Å². The standard InChI is InChI=1S/C18H16ClN3O2S2/c19-13-5-3-12(4-6-13)10-20-16(23)8-7-14-11-26-18(21-14)22-17(24)15-2-1-9-25-15/h1-6,9,11H,7-8,10H2,(H,20,23)(H,21,22,24). The van der Waals surface area contributed by atoms with E-state index in [1.807, 2.05) is 29.0 Å². The van der Waals surface area contributed by atoms with Crippen LogP contribution in [0.4, 0.5) is 5.13 Å². The molecule has 5 nitrogen and oxygen atoms in total. The summed E-state index contributed by atoms with van der Waals surface area (Å²) in [6.07, 6.45) is 0.869. The lowest BCUT2D eigenvalue weighted by molar-refractivity contribution is -0.121. The van der Waals surface area contributed by atoms with Gasteiger partial charge in [0.25, 0.3) is 5.91 Å². The molecule has 2 amide bonds. The molecule has 3 rings (SSSR count). The van der Waals surface area contributed by atoms with Gasteiger partial charge in [0.2, 0.25) is 5.91 Å². The Morgan fingerprint density at radius 3 is 2.65 bits per heavy atom. The maximum Gasteiger partial charge on any atom is 0.267 e. The fraction of sp³-hybridized carbons (Fsp3) is 0.167. The fourth-order valence-electron chi connectivity index (χ4n) is 2.18. The first-order valence-corrected chi connectivity index (χ1v) is 10.0. The van der Waals surface area contributed by atoms with E-state index in [1.54, 1.807) is 18.2 Å². The number of anilines is 1. The van der Waals surface area contributed by atoms with Crippen LogP contribution in [0.1, 0.15) is 27.3 Å². The molecule has 0 radical (unpaired) electrons. The third-order valence-electron chi connectivity index (χ3n) is 3.53. The summed E-state index contributed by atoms with van der Waals surface area (Å²) in [5.41, 5.74) is 1.79. The lowest BCUT2D eigenvalue weighted by Gasteiger charge is -2.05. The molecule has 0 unspecified atom stereocenters. The topological polar surface area (TPSA) is 71.1 Å². The Morgan fingerprint density at radius 1 is 1.12 bits per heavy atom. The van der Waals surface area contributed by atoms with E-state index in [-0.39, 0.29) is 11.8 Å². The largest absolute Gasteiger partial charge is 0.352 e. The van der Waals surface area contributed by atoms with Crippen molar-refractivity contribution in [2.75, 3.05) is 5.32 Å². The smallest absolute Gasteiger partial charge is 0.267 e. The number of hydrogen-bond donors (Lipinski definition) is 2. The average Bonchev–Trinajstić information content (AvgIpc) is 3.31. The highest BCUT2D eigenvalue weighted by Gasteiger charge is 2.10. The summed E-state index contributed by atoms with van der Waals surface area (Å²) in [6.45, 7) is 0.467. The molecule has 0 atom stereocenters. The van der Waals surface area contributed by atoms with Crippen molar-refractivity contribution < 1.29 is 9.59 Å². The molecule has 3 aromatic rings. The van der Waals surface area contributed by atoms with E-state index < -0.39 is 0 Å². The Hall–Kier alpha value is -2.22. The maximum atomic E-state index is 12.0. The first-order valence-electron chi connectivity index (χ1n) is 7.90. The summed E-state index contributed by atoms with van der Waals surface area (Å²) in [6, 6.07) is 10.9. The summed E-state index contributed by atoms with van der Waals surface area (Å²) >= 11 is 8.57. The predicted molar refractivity (Wildman–Crippen MR) is 106 cm³/mol. The monoisotopic (exact) mass is 405 g/mol. The molecule has 0 aliphatic rings.